The number of halogens is 1. The summed E-state index contributed by atoms with van der Waals surface area (Å²) in [6.45, 7) is 0.673. The van der Waals surface area contributed by atoms with E-state index in [1.165, 1.54) is 37.5 Å². The quantitative estimate of drug-likeness (QED) is 0.825. The Balaban J connectivity index is 1.98. The number of nitrogens with one attached hydrogen (secondary N) is 1. The lowest BCUT2D eigenvalue weighted by atomic mass is 9.88. The van der Waals surface area contributed by atoms with Crippen LogP contribution in [0, 0.1) is 5.82 Å². The predicted molar refractivity (Wildman–Crippen MR) is 85.3 cm³/mol. The van der Waals surface area contributed by atoms with Gasteiger partial charge in [-0.15, -0.1) is 12.6 Å². The van der Waals surface area contributed by atoms with Crippen LogP contribution in [0.2, 0.25) is 0 Å². The maximum Gasteiger partial charge on any atom is 0.251 e. The summed E-state index contributed by atoms with van der Waals surface area (Å²) < 4.78 is 13.3. The number of thiol groups is 1. The van der Waals surface area contributed by atoms with Crippen molar-refractivity contribution >= 4 is 30.3 Å². The Morgan fingerprint density at radius 1 is 1.40 bits per heavy atom. The molecule has 110 valence electrons. The lowest BCUT2D eigenvalue weighted by Gasteiger charge is -2.35. The van der Waals surface area contributed by atoms with E-state index in [1.807, 2.05) is 11.8 Å². The van der Waals surface area contributed by atoms with Crippen LogP contribution in [0.5, 0.6) is 0 Å². The molecule has 0 saturated heterocycles. The van der Waals surface area contributed by atoms with Gasteiger partial charge < -0.3 is 5.32 Å². The van der Waals surface area contributed by atoms with Crippen LogP contribution in [0.3, 0.4) is 0 Å². The van der Waals surface area contributed by atoms with Gasteiger partial charge in [-0.2, -0.15) is 11.8 Å². The van der Waals surface area contributed by atoms with E-state index >= 15 is 0 Å². The predicted octanol–water partition coefficient (Wildman–Crippen LogP) is 3.91. The number of benzene rings is 1. The molecule has 1 saturated carbocycles. The Kier molecular flexibility index (Phi) is 5.38. The molecule has 0 radical (unpaired) electrons. The second-order valence-corrected chi connectivity index (χ2v) is 7.05. The van der Waals surface area contributed by atoms with Gasteiger partial charge in [0.1, 0.15) is 5.82 Å². The van der Waals surface area contributed by atoms with Gasteiger partial charge in [0.15, 0.2) is 0 Å². The zero-order chi connectivity index (χ0) is 14.6. The first-order chi connectivity index (χ1) is 9.56. The van der Waals surface area contributed by atoms with Crippen LogP contribution in [0.15, 0.2) is 23.1 Å². The van der Waals surface area contributed by atoms with E-state index in [2.05, 4.69) is 24.2 Å². The smallest absolute Gasteiger partial charge is 0.251 e. The third-order valence-corrected chi connectivity index (χ3v) is 5.74. The van der Waals surface area contributed by atoms with Crippen molar-refractivity contribution in [2.45, 2.75) is 41.7 Å². The van der Waals surface area contributed by atoms with Gasteiger partial charge in [0, 0.05) is 21.8 Å². The lowest BCUT2D eigenvalue weighted by molar-refractivity contribution is 0.0946. The molecule has 0 atom stereocenters. The minimum atomic E-state index is -0.405. The molecule has 1 aromatic carbocycles. The largest absolute Gasteiger partial charge is 0.351 e. The van der Waals surface area contributed by atoms with Crippen molar-refractivity contribution in [2.24, 2.45) is 0 Å². The molecule has 0 heterocycles. The first kappa shape index (κ1) is 15.7. The summed E-state index contributed by atoms with van der Waals surface area (Å²) in [7, 11) is 0. The minimum Gasteiger partial charge on any atom is -0.351 e. The highest BCUT2D eigenvalue weighted by Crippen LogP contribution is 2.38. The first-order valence-corrected chi connectivity index (χ1v) is 8.55. The zero-order valence-corrected chi connectivity index (χ0v) is 13.3. The Morgan fingerprint density at radius 3 is 2.70 bits per heavy atom. The normalized spacial score (nSPS) is 17.8. The molecule has 0 spiro atoms. The van der Waals surface area contributed by atoms with Crippen molar-refractivity contribution in [3.63, 3.8) is 0 Å². The third kappa shape index (κ3) is 3.70. The molecule has 0 aromatic heterocycles. The molecule has 1 aliphatic carbocycles. The third-order valence-electron chi connectivity index (χ3n) is 3.98. The fraction of sp³-hybridized carbons (Fsp3) is 0.533. The van der Waals surface area contributed by atoms with Crippen LogP contribution in [0.4, 0.5) is 4.39 Å². The van der Waals surface area contributed by atoms with Crippen molar-refractivity contribution in [3.05, 3.63) is 29.6 Å². The molecular formula is C15H20FNOS2. The van der Waals surface area contributed by atoms with Crippen molar-refractivity contribution in [1.82, 2.24) is 5.32 Å². The molecule has 20 heavy (non-hydrogen) atoms. The van der Waals surface area contributed by atoms with E-state index in [-0.39, 0.29) is 15.5 Å². The van der Waals surface area contributed by atoms with E-state index in [9.17, 15) is 9.18 Å². The number of rotatable bonds is 4. The van der Waals surface area contributed by atoms with E-state index in [1.54, 1.807) is 0 Å². The molecule has 0 bridgehead atoms. The van der Waals surface area contributed by atoms with E-state index in [0.29, 0.717) is 12.1 Å². The molecule has 1 fully saturated rings. The van der Waals surface area contributed by atoms with Crippen molar-refractivity contribution < 1.29 is 9.18 Å². The summed E-state index contributed by atoms with van der Waals surface area (Å²) in [5, 5.41) is 2.99. The second kappa shape index (κ2) is 6.85. The van der Waals surface area contributed by atoms with Gasteiger partial charge >= 0.3 is 0 Å². The van der Waals surface area contributed by atoms with Crippen LogP contribution in [-0.4, -0.2) is 23.5 Å². The average Bonchev–Trinajstić information content (AvgIpc) is 2.48. The van der Waals surface area contributed by atoms with Crippen LogP contribution in [0.1, 0.15) is 42.5 Å². The molecular weight excluding hydrogens is 293 g/mol. The topological polar surface area (TPSA) is 29.1 Å². The number of carbonyl (C=O) groups is 1. The van der Waals surface area contributed by atoms with Crippen LogP contribution >= 0.6 is 24.4 Å². The lowest BCUT2D eigenvalue weighted by Crippen LogP contribution is -2.41. The molecule has 0 unspecified atom stereocenters. The van der Waals surface area contributed by atoms with Gasteiger partial charge in [0.05, 0.1) is 0 Å². The van der Waals surface area contributed by atoms with E-state index < -0.39 is 5.82 Å². The summed E-state index contributed by atoms with van der Waals surface area (Å²) in [6.07, 6.45) is 8.16. The van der Waals surface area contributed by atoms with Crippen molar-refractivity contribution in [1.29, 1.82) is 0 Å². The minimum absolute atomic E-state index is 0.153. The molecule has 0 aliphatic heterocycles. The van der Waals surface area contributed by atoms with Gasteiger partial charge in [0.2, 0.25) is 0 Å². The first-order valence-electron chi connectivity index (χ1n) is 6.88. The Morgan fingerprint density at radius 2 is 2.10 bits per heavy atom. The molecule has 1 N–H and O–H groups in total. The highest BCUT2D eigenvalue weighted by Gasteiger charge is 2.31. The molecule has 1 aromatic rings. The Hall–Kier alpha value is -0.680. The van der Waals surface area contributed by atoms with Gasteiger partial charge in [-0.3, -0.25) is 4.79 Å². The van der Waals surface area contributed by atoms with E-state index in [0.717, 1.165) is 12.8 Å². The summed E-state index contributed by atoms with van der Waals surface area (Å²) >= 11 is 5.85. The maximum atomic E-state index is 13.1. The van der Waals surface area contributed by atoms with Gasteiger partial charge in [-0.1, -0.05) is 19.3 Å². The van der Waals surface area contributed by atoms with Crippen molar-refractivity contribution in [3.8, 4) is 0 Å². The molecule has 5 heteroatoms. The highest BCUT2D eigenvalue weighted by molar-refractivity contribution is 8.00. The number of thioether (sulfide) groups is 1. The number of amides is 1. The number of carbonyl (C=O) groups excluding carboxylic acids is 1. The average molecular weight is 313 g/mol. The zero-order valence-electron chi connectivity index (χ0n) is 11.6. The van der Waals surface area contributed by atoms with Gasteiger partial charge in [-0.05, 0) is 37.3 Å². The van der Waals surface area contributed by atoms with Crippen LogP contribution < -0.4 is 5.32 Å². The summed E-state index contributed by atoms with van der Waals surface area (Å²) in [6, 6.07) is 4.25. The fourth-order valence-electron chi connectivity index (χ4n) is 2.65. The maximum absolute atomic E-state index is 13.1. The number of hydrogen-bond acceptors (Lipinski definition) is 3. The molecule has 2 nitrogen and oxygen atoms in total. The van der Waals surface area contributed by atoms with Gasteiger partial charge in [0.25, 0.3) is 5.91 Å². The van der Waals surface area contributed by atoms with Crippen LogP contribution in [0.25, 0.3) is 0 Å². The second-order valence-electron chi connectivity index (χ2n) is 5.30. The Bertz CT molecular complexity index is 487. The monoisotopic (exact) mass is 313 g/mol. The number of hydrogen-bond donors (Lipinski definition) is 2. The van der Waals surface area contributed by atoms with Crippen molar-refractivity contribution in [2.75, 3.05) is 12.8 Å². The Labute approximate surface area is 129 Å². The van der Waals surface area contributed by atoms with Gasteiger partial charge in [-0.25, -0.2) is 4.39 Å². The van der Waals surface area contributed by atoms with Crippen LogP contribution in [-0.2, 0) is 0 Å². The summed E-state index contributed by atoms with van der Waals surface area (Å²) in [4.78, 5) is 12.3. The SMILES string of the molecule is CSC1(CNC(=O)c2ccc(F)c(S)c2)CCCCC1. The fourth-order valence-corrected chi connectivity index (χ4v) is 3.77. The molecule has 1 aliphatic rings. The standard InChI is InChI=1S/C15H20FNOS2/c1-20-15(7-3-2-4-8-15)10-17-14(18)11-5-6-12(16)13(19)9-11/h5-6,9,19H,2-4,7-8,10H2,1H3,(H,17,18). The van der Waals surface area contributed by atoms with E-state index in [4.69, 9.17) is 0 Å². The summed E-state index contributed by atoms with van der Waals surface area (Å²) in [5.41, 5.74) is 0.462. The molecule has 1 amide bonds. The highest BCUT2D eigenvalue weighted by atomic mass is 32.2. The molecule has 2 rings (SSSR count). The summed E-state index contributed by atoms with van der Waals surface area (Å²) in [5.74, 6) is -0.558.